The van der Waals surface area contributed by atoms with Gasteiger partial charge < -0.3 is 5.01 Å². The number of hydrogen-bond donors (Lipinski definition) is 0. The summed E-state index contributed by atoms with van der Waals surface area (Å²) in [6, 6.07) is 7.42. The Kier molecular flexibility index (Phi) is 3.27. The SMILES string of the molecule is CC1C/C(=N\N(C)C)C(C#N)(C#N)C1(C#N)C#N. The van der Waals surface area contributed by atoms with Gasteiger partial charge >= 0.3 is 0 Å². The molecule has 0 saturated heterocycles. The van der Waals surface area contributed by atoms with Crippen LogP contribution in [0.25, 0.3) is 0 Å². The van der Waals surface area contributed by atoms with Crippen molar-refractivity contribution in [2.45, 2.75) is 13.3 Å². The zero-order valence-corrected chi connectivity index (χ0v) is 10.5. The molecule has 6 nitrogen and oxygen atoms in total. The second-order valence-electron chi connectivity index (χ2n) is 4.50. The molecule has 0 aromatic heterocycles. The minimum Gasteiger partial charge on any atom is -0.303 e. The third kappa shape index (κ3) is 1.41. The van der Waals surface area contributed by atoms with Crippen LogP contribution in [0.1, 0.15) is 13.3 Å². The Labute approximate surface area is 106 Å². The Balaban J connectivity index is 3.62. The molecular formula is C12H12N6. The second-order valence-corrected chi connectivity index (χ2v) is 4.50. The van der Waals surface area contributed by atoms with Gasteiger partial charge in [0.1, 0.15) is 0 Å². The lowest BCUT2D eigenvalue weighted by Crippen LogP contribution is -2.40. The fourth-order valence-corrected chi connectivity index (χ4v) is 2.29. The number of hydrogen-bond acceptors (Lipinski definition) is 6. The monoisotopic (exact) mass is 240 g/mol. The van der Waals surface area contributed by atoms with Gasteiger partial charge in [0, 0.05) is 14.1 Å². The highest BCUT2D eigenvalue weighted by Crippen LogP contribution is 2.53. The number of rotatable bonds is 1. The molecular weight excluding hydrogens is 228 g/mol. The fourth-order valence-electron chi connectivity index (χ4n) is 2.29. The van der Waals surface area contributed by atoms with E-state index in [-0.39, 0.29) is 5.71 Å². The highest BCUT2D eigenvalue weighted by atomic mass is 15.4. The van der Waals surface area contributed by atoms with E-state index in [1.807, 2.05) is 24.3 Å². The summed E-state index contributed by atoms with van der Waals surface area (Å²) >= 11 is 0. The van der Waals surface area contributed by atoms with Crippen molar-refractivity contribution in [2.24, 2.45) is 21.8 Å². The third-order valence-electron chi connectivity index (χ3n) is 3.27. The maximum atomic E-state index is 9.34. The molecule has 0 aromatic rings. The van der Waals surface area contributed by atoms with Crippen molar-refractivity contribution in [3.63, 3.8) is 0 Å². The standard InChI is InChI=1S/C12H12N6/c1-9-4-10(17-18(2)3)12(7-15,8-16)11(9,5-13)6-14/h9H,4H2,1-3H3/b17-10+. The van der Waals surface area contributed by atoms with Crippen molar-refractivity contribution in [3.8, 4) is 24.3 Å². The van der Waals surface area contributed by atoms with Gasteiger partial charge in [-0.15, -0.1) is 0 Å². The van der Waals surface area contributed by atoms with Crippen LogP contribution >= 0.6 is 0 Å². The lowest BCUT2D eigenvalue weighted by Gasteiger charge is -2.26. The first-order valence-electron chi connectivity index (χ1n) is 5.34. The quantitative estimate of drug-likeness (QED) is 0.635. The molecule has 0 N–H and O–H groups in total. The van der Waals surface area contributed by atoms with Gasteiger partial charge in [0.15, 0.2) is 5.41 Å². The van der Waals surface area contributed by atoms with E-state index in [2.05, 4.69) is 5.10 Å². The predicted octanol–water partition coefficient (Wildman–Crippen LogP) is 1.01. The van der Waals surface area contributed by atoms with E-state index < -0.39 is 16.7 Å². The molecule has 0 amide bonds. The van der Waals surface area contributed by atoms with Crippen LogP contribution in [0, 0.1) is 62.1 Å². The van der Waals surface area contributed by atoms with Gasteiger partial charge in [0.05, 0.1) is 30.0 Å². The van der Waals surface area contributed by atoms with Crippen LogP contribution in [0.3, 0.4) is 0 Å². The molecule has 0 heterocycles. The number of hydrazone groups is 1. The molecule has 1 atom stereocenters. The smallest absolute Gasteiger partial charge is 0.214 e. The Morgan fingerprint density at radius 2 is 1.61 bits per heavy atom. The van der Waals surface area contributed by atoms with Gasteiger partial charge in [0.2, 0.25) is 5.41 Å². The molecule has 0 radical (unpaired) electrons. The van der Waals surface area contributed by atoms with Gasteiger partial charge in [-0.3, -0.25) is 0 Å². The zero-order chi connectivity index (χ0) is 14.0. The Morgan fingerprint density at radius 1 is 1.11 bits per heavy atom. The summed E-state index contributed by atoms with van der Waals surface area (Å²) in [6.45, 7) is 1.69. The van der Waals surface area contributed by atoms with Gasteiger partial charge in [-0.2, -0.15) is 26.1 Å². The number of nitriles is 4. The minimum absolute atomic E-state index is 0.285. The van der Waals surface area contributed by atoms with Crippen molar-refractivity contribution < 1.29 is 0 Å². The fraction of sp³-hybridized carbons (Fsp3) is 0.583. The van der Waals surface area contributed by atoms with Crippen molar-refractivity contribution in [2.75, 3.05) is 14.1 Å². The second kappa shape index (κ2) is 4.36. The van der Waals surface area contributed by atoms with Crippen molar-refractivity contribution in [3.05, 3.63) is 0 Å². The molecule has 0 aromatic carbocycles. The first-order valence-corrected chi connectivity index (χ1v) is 5.34. The van der Waals surface area contributed by atoms with Crippen LogP contribution < -0.4 is 0 Å². The average Bonchev–Trinajstić information content (AvgIpc) is 2.57. The van der Waals surface area contributed by atoms with E-state index in [0.717, 1.165) is 0 Å². The van der Waals surface area contributed by atoms with E-state index in [9.17, 15) is 21.0 Å². The molecule has 1 fully saturated rings. The molecule has 90 valence electrons. The Hall–Kier alpha value is -2.57. The maximum Gasteiger partial charge on any atom is 0.214 e. The molecule has 18 heavy (non-hydrogen) atoms. The Morgan fingerprint density at radius 3 is 1.94 bits per heavy atom. The van der Waals surface area contributed by atoms with Crippen LogP contribution in [0.5, 0.6) is 0 Å². The molecule has 6 heteroatoms. The van der Waals surface area contributed by atoms with Gasteiger partial charge in [0.25, 0.3) is 0 Å². The molecule has 1 saturated carbocycles. The van der Waals surface area contributed by atoms with E-state index in [1.54, 1.807) is 21.0 Å². The molecule has 1 aliphatic carbocycles. The largest absolute Gasteiger partial charge is 0.303 e. The summed E-state index contributed by atoms with van der Waals surface area (Å²) in [5, 5.41) is 42.9. The van der Waals surface area contributed by atoms with Crippen LogP contribution in [0.2, 0.25) is 0 Å². The summed E-state index contributed by atoms with van der Waals surface area (Å²) in [5.74, 6) is -0.412. The summed E-state index contributed by atoms with van der Waals surface area (Å²) in [6.07, 6.45) is 0.292. The number of nitrogens with zero attached hydrogens (tertiary/aromatic N) is 6. The lowest BCUT2D eigenvalue weighted by atomic mass is 9.65. The molecule has 1 rings (SSSR count). The molecule has 0 bridgehead atoms. The van der Waals surface area contributed by atoms with Crippen LogP contribution in [0.15, 0.2) is 5.10 Å². The van der Waals surface area contributed by atoms with Gasteiger partial charge in [-0.05, 0) is 12.3 Å². The zero-order valence-electron chi connectivity index (χ0n) is 10.5. The van der Waals surface area contributed by atoms with E-state index in [0.29, 0.717) is 6.42 Å². The highest BCUT2D eigenvalue weighted by Gasteiger charge is 2.66. The molecule has 1 aliphatic rings. The van der Waals surface area contributed by atoms with Gasteiger partial charge in [-0.1, -0.05) is 6.92 Å². The van der Waals surface area contributed by atoms with Crippen LogP contribution in [0.4, 0.5) is 0 Å². The van der Waals surface area contributed by atoms with E-state index in [4.69, 9.17) is 0 Å². The summed E-state index contributed by atoms with van der Waals surface area (Å²) < 4.78 is 0. The summed E-state index contributed by atoms with van der Waals surface area (Å²) in [4.78, 5) is 0. The van der Waals surface area contributed by atoms with Gasteiger partial charge in [-0.25, -0.2) is 0 Å². The first kappa shape index (κ1) is 13.5. The molecule has 1 unspecified atom stereocenters. The molecule has 0 spiro atoms. The van der Waals surface area contributed by atoms with E-state index >= 15 is 0 Å². The maximum absolute atomic E-state index is 9.34. The highest BCUT2D eigenvalue weighted by molar-refractivity contribution is 5.99. The summed E-state index contributed by atoms with van der Waals surface area (Å²) in [7, 11) is 3.33. The topological polar surface area (TPSA) is 111 Å². The third-order valence-corrected chi connectivity index (χ3v) is 3.27. The molecule has 0 aliphatic heterocycles. The van der Waals surface area contributed by atoms with Crippen molar-refractivity contribution >= 4 is 5.71 Å². The summed E-state index contributed by atoms with van der Waals surface area (Å²) in [5.41, 5.74) is -3.17. The van der Waals surface area contributed by atoms with E-state index in [1.165, 1.54) is 5.01 Å². The van der Waals surface area contributed by atoms with Crippen LogP contribution in [-0.4, -0.2) is 24.8 Å². The van der Waals surface area contributed by atoms with Crippen LogP contribution in [-0.2, 0) is 0 Å². The lowest BCUT2D eigenvalue weighted by molar-refractivity contribution is 0.316. The first-order chi connectivity index (χ1) is 8.44. The Bertz CT molecular complexity index is 517. The average molecular weight is 240 g/mol. The van der Waals surface area contributed by atoms with Crippen molar-refractivity contribution in [1.82, 2.24) is 5.01 Å². The minimum atomic E-state index is -1.79. The normalized spacial score (nSPS) is 25.5. The van der Waals surface area contributed by atoms with Crippen molar-refractivity contribution in [1.29, 1.82) is 21.0 Å². The predicted molar refractivity (Wildman–Crippen MR) is 62.2 cm³/mol.